The van der Waals surface area contributed by atoms with Crippen LogP contribution in [-0.2, 0) is 0 Å². The van der Waals surface area contributed by atoms with E-state index in [1.54, 1.807) is 12.1 Å². The molecule has 0 saturated carbocycles. The SMILES string of the molecule is NN[13C](=[17O])c1ccncc1. The van der Waals surface area contributed by atoms with E-state index in [2.05, 4.69) is 4.98 Å². The van der Waals surface area contributed by atoms with Crippen molar-refractivity contribution in [3.8, 4) is 0 Å². The summed E-state index contributed by atoms with van der Waals surface area (Å²) in [4.78, 5) is 14.5. The second-order valence-electron chi connectivity index (χ2n) is 1.71. The Bertz CT molecular complexity index is 222. The van der Waals surface area contributed by atoms with Gasteiger partial charge in [0, 0.05) is 18.0 Å². The van der Waals surface area contributed by atoms with Gasteiger partial charge in [-0.05, 0) is 12.1 Å². The van der Waals surface area contributed by atoms with Gasteiger partial charge in [0.25, 0.3) is 5.91 Å². The summed E-state index contributed by atoms with van der Waals surface area (Å²) >= 11 is 0. The van der Waals surface area contributed by atoms with Crippen LogP contribution in [0.25, 0.3) is 0 Å². The van der Waals surface area contributed by atoms with Crippen molar-refractivity contribution in [1.29, 1.82) is 0 Å². The Morgan fingerprint density at radius 1 is 1.50 bits per heavy atom. The maximum atomic E-state index is 10.7. The number of amides is 1. The lowest BCUT2D eigenvalue weighted by Crippen LogP contribution is -2.29. The zero-order chi connectivity index (χ0) is 7.40. The number of nitrogens with two attached hydrogens (primary N) is 1. The number of nitrogens with one attached hydrogen (secondary N) is 1. The first kappa shape index (κ1) is 6.70. The second kappa shape index (κ2) is 2.93. The molecule has 1 amide bonds. The van der Waals surface area contributed by atoms with Crippen molar-refractivity contribution in [3.05, 3.63) is 30.1 Å². The number of carbonyl (C=O) groups is 1. The summed E-state index contributed by atoms with van der Waals surface area (Å²) in [6.45, 7) is 0. The molecule has 4 nitrogen and oxygen atoms in total. The maximum absolute atomic E-state index is 10.7. The van der Waals surface area contributed by atoms with E-state index < -0.39 is 0 Å². The fourth-order valence-corrected chi connectivity index (χ4v) is 0.587. The number of aromatic nitrogens is 1. The zero-order valence-corrected chi connectivity index (χ0v) is 5.24. The number of hydrogen-bond donors (Lipinski definition) is 2. The van der Waals surface area contributed by atoms with Crippen LogP contribution in [0.2, 0.25) is 0 Å². The van der Waals surface area contributed by atoms with Gasteiger partial charge in [0.05, 0.1) is 0 Å². The van der Waals surface area contributed by atoms with Gasteiger partial charge in [0.2, 0.25) is 0 Å². The minimum atomic E-state index is -0.303. The van der Waals surface area contributed by atoms with Crippen LogP contribution < -0.4 is 11.3 Å². The zero-order valence-electron chi connectivity index (χ0n) is 5.24. The first-order valence-electron chi connectivity index (χ1n) is 2.75. The lowest BCUT2D eigenvalue weighted by Gasteiger charge is -1.95. The third-order valence-electron chi connectivity index (χ3n) is 1.07. The molecule has 0 aliphatic heterocycles. The monoisotopic (exact) mass is 139 g/mol. The standard InChI is InChI=1S/C6H7N3O/c7-9-6(10)5-1-3-8-4-2-5/h1-4H,7H2,(H,9,10)/i6+1,10+1. The Labute approximate surface area is 58.0 Å². The molecule has 1 heterocycles. The van der Waals surface area contributed by atoms with E-state index in [0.717, 1.165) is 0 Å². The Morgan fingerprint density at radius 3 is 2.60 bits per heavy atom. The van der Waals surface area contributed by atoms with Crippen LogP contribution in [-0.4, -0.2) is 10.9 Å². The summed E-state index contributed by atoms with van der Waals surface area (Å²) in [6.07, 6.45) is 3.06. The minimum Gasteiger partial charge on any atom is -0.290 e. The summed E-state index contributed by atoms with van der Waals surface area (Å²) in [5.41, 5.74) is 2.53. The van der Waals surface area contributed by atoms with Gasteiger partial charge < -0.3 is 0 Å². The lowest BCUT2D eigenvalue weighted by molar-refractivity contribution is 0.0953. The van der Waals surface area contributed by atoms with E-state index in [-0.39, 0.29) is 5.91 Å². The predicted octanol–water partition coefficient (Wildman–Crippen LogP) is -0.315. The number of nitrogens with zero attached hydrogens (tertiary/aromatic N) is 1. The molecule has 10 heavy (non-hydrogen) atoms. The molecule has 0 aromatic carbocycles. The van der Waals surface area contributed by atoms with Crippen molar-refractivity contribution in [2.75, 3.05) is 0 Å². The third kappa shape index (κ3) is 1.29. The van der Waals surface area contributed by atoms with Crippen molar-refractivity contribution in [2.24, 2.45) is 5.84 Å². The number of carbonyl (C=O) groups excluding carboxylic acids is 1. The van der Waals surface area contributed by atoms with E-state index in [4.69, 9.17) is 5.84 Å². The Balaban J connectivity index is 2.85. The van der Waals surface area contributed by atoms with Crippen molar-refractivity contribution >= 4 is 5.91 Å². The largest absolute Gasteiger partial charge is 0.290 e. The number of nitrogen functional groups attached to an aromatic ring is 1. The highest BCUT2D eigenvalue weighted by molar-refractivity contribution is 5.93. The van der Waals surface area contributed by atoms with Gasteiger partial charge >= 0.3 is 0 Å². The smallest absolute Gasteiger partial charge is 0.265 e. The highest BCUT2D eigenvalue weighted by Crippen LogP contribution is 1.93. The maximum Gasteiger partial charge on any atom is 0.265 e. The summed E-state index contributed by atoms with van der Waals surface area (Å²) in [7, 11) is 0. The average molecular weight is 139 g/mol. The summed E-state index contributed by atoms with van der Waals surface area (Å²) in [5.74, 6) is 4.58. The first-order valence-corrected chi connectivity index (χ1v) is 2.75. The van der Waals surface area contributed by atoms with Crippen LogP contribution in [0.1, 0.15) is 10.4 Å². The van der Waals surface area contributed by atoms with Crippen molar-refractivity contribution in [2.45, 2.75) is 0 Å². The number of hydrazine groups is 1. The number of hydrogen-bond acceptors (Lipinski definition) is 3. The van der Waals surface area contributed by atoms with Crippen molar-refractivity contribution in [1.82, 2.24) is 10.4 Å². The molecule has 0 radical (unpaired) electrons. The van der Waals surface area contributed by atoms with E-state index >= 15 is 0 Å². The van der Waals surface area contributed by atoms with Crippen molar-refractivity contribution < 1.29 is 4.79 Å². The van der Waals surface area contributed by atoms with E-state index in [0.29, 0.717) is 5.56 Å². The topological polar surface area (TPSA) is 68.0 Å². The van der Waals surface area contributed by atoms with Crippen molar-refractivity contribution in [3.63, 3.8) is 0 Å². The summed E-state index contributed by atoms with van der Waals surface area (Å²) in [5, 5.41) is 0. The Morgan fingerprint density at radius 2 is 2.10 bits per heavy atom. The van der Waals surface area contributed by atoms with Gasteiger partial charge in [0.1, 0.15) is 0 Å². The normalized spacial score (nSPS) is 8.90. The van der Waals surface area contributed by atoms with Gasteiger partial charge in [-0.25, -0.2) is 5.84 Å². The quantitative estimate of drug-likeness (QED) is 0.242. The molecule has 0 fully saturated rings. The molecular weight excluding hydrogens is 132 g/mol. The molecule has 3 N–H and O–H groups in total. The van der Waals surface area contributed by atoms with E-state index in [1.807, 2.05) is 5.43 Å². The molecule has 1 aromatic rings. The molecule has 0 aliphatic rings. The van der Waals surface area contributed by atoms with Crippen LogP contribution in [0, 0.1) is 0 Å². The van der Waals surface area contributed by atoms with E-state index in [9.17, 15) is 4.79 Å². The predicted molar refractivity (Wildman–Crippen MR) is 35.9 cm³/mol. The van der Waals surface area contributed by atoms with E-state index in [1.165, 1.54) is 12.4 Å². The van der Waals surface area contributed by atoms with Crippen LogP contribution in [0.15, 0.2) is 24.5 Å². The third-order valence-corrected chi connectivity index (χ3v) is 1.07. The lowest BCUT2D eigenvalue weighted by atomic mass is 10.4. The average Bonchev–Trinajstić information content (AvgIpc) is 2.05. The minimum absolute atomic E-state index is 0.303. The van der Waals surface area contributed by atoms with Gasteiger partial charge in [-0.15, -0.1) is 0 Å². The molecule has 0 unspecified atom stereocenters. The van der Waals surface area contributed by atoms with Gasteiger partial charge in [0.15, 0.2) is 0 Å². The molecular formula is C6H7N3O. The molecule has 4 heteroatoms. The van der Waals surface area contributed by atoms with Crippen LogP contribution in [0.5, 0.6) is 0 Å². The van der Waals surface area contributed by atoms with Gasteiger partial charge in [-0.3, -0.25) is 15.2 Å². The first-order chi connectivity index (χ1) is 4.84. The molecule has 1 rings (SSSR count). The highest BCUT2D eigenvalue weighted by atomic mass is 17.1. The highest BCUT2D eigenvalue weighted by Gasteiger charge is 1.98. The second-order valence-corrected chi connectivity index (χ2v) is 1.71. The van der Waals surface area contributed by atoms with Crippen LogP contribution >= 0.6 is 0 Å². The molecule has 1 aromatic heterocycles. The molecule has 0 atom stereocenters. The number of rotatable bonds is 1. The summed E-state index contributed by atoms with van der Waals surface area (Å²) < 4.78 is 0. The van der Waals surface area contributed by atoms with Gasteiger partial charge in [-0.1, -0.05) is 0 Å². The molecule has 0 bridgehead atoms. The van der Waals surface area contributed by atoms with Crippen LogP contribution in [0.4, 0.5) is 0 Å². The van der Waals surface area contributed by atoms with Gasteiger partial charge in [-0.2, -0.15) is 0 Å². The van der Waals surface area contributed by atoms with Crippen LogP contribution in [0.3, 0.4) is 0 Å². The fraction of sp³-hybridized carbons (Fsp3) is 0. The molecule has 0 saturated heterocycles. The molecule has 52 valence electrons. The summed E-state index contributed by atoms with van der Waals surface area (Å²) in [6, 6.07) is 3.17. The number of pyridine rings is 1. The molecule has 0 aliphatic carbocycles. The Kier molecular flexibility index (Phi) is 1.96. The molecule has 0 spiro atoms. The Hall–Kier alpha value is -1.42. The fourth-order valence-electron chi connectivity index (χ4n) is 0.587.